The first kappa shape index (κ1) is 21.6. The predicted molar refractivity (Wildman–Crippen MR) is 122 cm³/mol. The van der Waals surface area contributed by atoms with E-state index in [9.17, 15) is 9.59 Å². The zero-order valence-corrected chi connectivity index (χ0v) is 18.3. The van der Waals surface area contributed by atoms with Gasteiger partial charge in [-0.15, -0.1) is 0 Å². The molecular formula is C26H33N3O2. The van der Waals surface area contributed by atoms with Gasteiger partial charge in [0.2, 0.25) is 11.8 Å². The van der Waals surface area contributed by atoms with Crippen LogP contribution in [0.2, 0.25) is 0 Å². The minimum Gasteiger partial charge on any atom is -0.354 e. The predicted octanol–water partition coefficient (Wildman–Crippen LogP) is 3.50. The molecule has 0 aromatic heterocycles. The molecule has 3 N–H and O–H groups in total. The van der Waals surface area contributed by atoms with E-state index in [1.807, 2.05) is 49.4 Å². The van der Waals surface area contributed by atoms with Gasteiger partial charge < -0.3 is 16.0 Å². The topological polar surface area (TPSA) is 70.2 Å². The third-order valence-electron chi connectivity index (χ3n) is 6.84. The number of fused-ring (bicyclic) bond motifs is 1. The number of benzene rings is 2. The first-order chi connectivity index (χ1) is 15.1. The second kappa shape index (κ2) is 10.1. The summed E-state index contributed by atoms with van der Waals surface area (Å²) in [5.74, 6) is 0.778. The van der Waals surface area contributed by atoms with Gasteiger partial charge in [0.15, 0.2) is 0 Å². The molecule has 0 saturated heterocycles. The van der Waals surface area contributed by atoms with Crippen molar-refractivity contribution >= 4 is 11.8 Å². The zero-order chi connectivity index (χ0) is 21.6. The lowest BCUT2D eigenvalue weighted by molar-refractivity contribution is -0.127. The first-order valence-electron chi connectivity index (χ1n) is 11.5. The number of amides is 2. The highest BCUT2D eigenvalue weighted by Crippen LogP contribution is 2.29. The molecule has 0 bridgehead atoms. The summed E-state index contributed by atoms with van der Waals surface area (Å²) in [5.41, 5.74) is 3.67. The zero-order valence-electron chi connectivity index (χ0n) is 18.3. The van der Waals surface area contributed by atoms with E-state index in [2.05, 4.69) is 28.1 Å². The second-order valence-corrected chi connectivity index (χ2v) is 9.01. The summed E-state index contributed by atoms with van der Waals surface area (Å²) in [6.07, 6.45) is 4.50. The lowest BCUT2D eigenvalue weighted by Crippen LogP contribution is -2.48. The third kappa shape index (κ3) is 5.53. The van der Waals surface area contributed by atoms with Crippen LogP contribution >= 0.6 is 0 Å². The molecule has 2 aromatic rings. The molecule has 1 saturated carbocycles. The number of carbonyl (C=O) groups excluding carboxylic acids is 2. The fourth-order valence-corrected chi connectivity index (χ4v) is 4.79. The molecule has 1 aliphatic carbocycles. The fourth-order valence-electron chi connectivity index (χ4n) is 4.79. The maximum Gasteiger partial charge on any atom is 0.237 e. The molecule has 2 aromatic carbocycles. The Morgan fingerprint density at radius 2 is 1.61 bits per heavy atom. The van der Waals surface area contributed by atoms with Gasteiger partial charge in [0.1, 0.15) is 0 Å². The van der Waals surface area contributed by atoms with Crippen molar-refractivity contribution in [1.82, 2.24) is 16.0 Å². The Bertz CT molecular complexity index is 891. The lowest BCUT2D eigenvalue weighted by atomic mass is 9.81. The van der Waals surface area contributed by atoms with Crippen molar-refractivity contribution in [1.29, 1.82) is 0 Å². The average Bonchev–Trinajstić information content (AvgIpc) is 2.83. The van der Waals surface area contributed by atoms with Crippen molar-refractivity contribution in [2.45, 2.75) is 57.7 Å². The van der Waals surface area contributed by atoms with Crippen molar-refractivity contribution in [2.75, 3.05) is 6.54 Å². The highest BCUT2D eigenvalue weighted by atomic mass is 16.2. The van der Waals surface area contributed by atoms with Gasteiger partial charge in [-0.3, -0.25) is 9.59 Å². The molecule has 0 radical (unpaired) electrons. The number of rotatable bonds is 6. The minimum absolute atomic E-state index is 0.0267. The van der Waals surface area contributed by atoms with E-state index in [4.69, 9.17) is 0 Å². The number of nitrogens with one attached hydrogen (secondary N) is 3. The summed E-state index contributed by atoms with van der Waals surface area (Å²) in [4.78, 5) is 25.3. The van der Waals surface area contributed by atoms with E-state index < -0.39 is 0 Å². The van der Waals surface area contributed by atoms with Crippen molar-refractivity contribution in [2.24, 2.45) is 11.8 Å². The third-order valence-corrected chi connectivity index (χ3v) is 6.84. The molecule has 31 heavy (non-hydrogen) atoms. The summed E-state index contributed by atoms with van der Waals surface area (Å²) in [6.45, 7) is 3.48. The molecule has 2 amide bonds. The molecule has 0 spiro atoms. The average molecular weight is 420 g/mol. The van der Waals surface area contributed by atoms with Gasteiger partial charge in [-0.25, -0.2) is 0 Å². The first-order valence-corrected chi connectivity index (χ1v) is 11.5. The highest BCUT2D eigenvalue weighted by Gasteiger charge is 2.29. The molecule has 1 heterocycles. The van der Waals surface area contributed by atoms with Crippen LogP contribution in [0.3, 0.4) is 0 Å². The molecule has 5 nitrogen and oxygen atoms in total. The van der Waals surface area contributed by atoms with Crippen LogP contribution in [-0.2, 0) is 22.6 Å². The smallest absolute Gasteiger partial charge is 0.237 e. The molecule has 2 aliphatic rings. The van der Waals surface area contributed by atoms with Crippen LogP contribution in [0.25, 0.3) is 0 Å². The van der Waals surface area contributed by atoms with Gasteiger partial charge >= 0.3 is 0 Å². The minimum atomic E-state index is -0.156. The van der Waals surface area contributed by atoms with Crippen LogP contribution in [0, 0.1) is 11.8 Å². The van der Waals surface area contributed by atoms with Gasteiger partial charge in [-0.05, 0) is 61.6 Å². The van der Waals surface area contributed by atoms with Crippen LogP contribution in [0.5, 0.6) is 0 Å². The van der Waals surface area contributed by atoms with Crippen LogP contribution in [-0.4, -0.2) is 24.4 Å². The van der Waals surface area contributed by atoms with E-state index in [0.717, 1.165) is 44.2 Å². The van der Waals surface area contributed by atoms with E-state index in [1.165, 1.54) is 11.1 Å². The Labute approximate surface area is 185 Å². The standard InChI is InChI=1S/C26H33N3O2/c1-18(20-7-3-2-4-8-20)29-25(30)21-13-11-19(12-14-21)16-28-26(31)24-15-22-9-5-6-10-23(22)17-27-24/h2-10,18-19,21,24,27H,11-17H2,1H3,(H,28,31)(H,29,30)/t18-,19?,21?,24+/m1/s1. The van der Waals surface area contributed by atoms with Gasteiger partial charge in [-0.2, -0.15) is 0 Å². The SMILES string of the molecule is C[C@@H](NC(=O)C1CCC(CNC(=O)[C@@H]2Cc3ccccc3CN2)CC1)c1ccccc1. The number of carbonyl (C=O) groups is 2. The molecule has 5 heteroatoms. The Hall–Kier alpha value is -2.66. The highest BCUT2D eigenvalue weighted by molar-refractivity contribution is 5.82. The Kier molecular flexibility index (Phi) is 7.03. The monoisotopic (exact) mass is 419 g/mol. The van der Waals surface area contributed by atoms with E-state index in [0.29, 0.717) is 12.5 Å². The van der Waals surface area contributed by atoms with Crippen LogP contribution in [0.4, 0.5) is 0 Å². The van der Waals surface area contributed by atoms with Gasteiger partial charge in [0.25, 0.3) is 0 Å². The molecular weight excluding hydrogens is 386 g/mol. The molecule has 1 fully saturated rings. The summed E-state index contributed by atoms with van der Waals surface area (Å²) >= 11 is 0. The van der Waals surface area contributed by atoms with Crippen molar-refractivity contribution in [3.05, 3.63) is 71.3 Å². The molecule has 1 aliphatic heterocycles. The lowest BCUT2D eigenvalue weighted by Gasteiger charge is -2.30. The molecule has 164 valence electrons. The van der Waals surface area contributed by atoms with Gasteiger partial charge in [-0.1, -0.05) is 54.6 Å². The molecule has 4 rings (SSSR count). The number of hydrogen-bond acceptors (Lipinski definition) is 3. The van der Waals surface area contributed by atoms with Crippen LogP contribution in [0.1, 0.15) is 55.3 Å². The normalized spacial score (nSPS) is 24.0. The summed E-state index contributed by atoms with van der Waals surface area (Å²) in [7, 11) is 0. The second-order valence-electron chi connectivity index (χ2n) is 9.01. The van der Waals surface area contributed by atoms with E-state index in [-0.39, 0.29) is 29.8 Å². The van der Waals surface area contributed by atoms with Crippen molar-refractivity contribution < 1.29 is 9.59 Å². The molecule has 2 atom stereocenters. The summed E-state index contributed by atoms with van der Waals surface area (Å²) in [5, 5.41) is 9.67. The Morgan fingerprint density at radius 1 is 0.935 bits per heavy atom. The van der Waals surface area contributed by atoms with Crippen LogP contribution < -0.4 is 16.0 Å². The summed E-state index contributed by atoms with van der Waals surface area (Å²) < 4.78 is 0. The Balaban J connectivity index is 1.18. The van der Waals surface area contributed by atoms with Gasteiger partial charge in [0, 0.05) is 19.0 Å². The quantitative estimate of drug-likeness (QED) is 0.671. The molecule has 0 unspecified atom stereocenters. The maximum atomic E-state index is 12.7. The largest absolute Gasteiger partial charge is 0.354 e. The van der Waals surface area contributed by atoms with Crippen molar-refractivity contribution in [3.63, 3.8) is 0 Å². The van der Waals surface area contributed by atoms with E-state index in [1.54, 1.807) is 0 Å². The van der Waals surface area contributed by atoms with Crippen LogP contribution in [0.15, 0.2) is 54.6 Å². The Morgan fingerprint density at radius 3 is 2.35 bits per heavy atom. The fraction of sp³-hybridized carbons (Fsp3) is 0.462. The van der Waals surface area contributed by atoms with Crippen molar-refractivity contribution in [3.8, 4) is 0 Å². The number of hydrogen-bond donors (Lipinski definition) is 3. The van der Waals surface area contributed by atoms with Gasteiger partial charge in [0.05, 0.1) is 12.1 Å². The maximum absolute atomic E-state index is 12.7. The van der Waals surface area contributed by atoms with E-state index >= 15 is 0 Å². The summed E-state index contributed by atoms with van der Waals surface area (Å²) in [6, 6.07) is 18.3.